The van der Waals surface area contributed by atoms with Crippen LogP contribution in [-0.2, 0) is 23.1 Å². The van der Waals surface area contributed by atoms with E-state index in [2.05, 4.69) is 44.6 Å². The molecule has 1 aromatic rings. The second-order valence-electron chi connectivity index (χ2n) is 7.15. The number of ether oxygens (including phenoxy) is 2. The first-order valence-corrected chi connectivity index (χ1v) is 9.70. The zero-order chi connectivity index (χ0) is 19.6. The SMILES string of the molecule is COCCNC(=NCc1nnc(C)n1C)NCC(C(C)C)N1CCOCC1.I. The summed E-state index contributed by atoms with van der Waals surface area (Å²) in [6.45, 7) is 12.7. The topological polar surface area (TPSA) is 88.8 Å². The maximum atomic E-state index is 5.49. The molecule has 1 atom stereocenters. The number of halogens is 1. The van der Waals surface area contributed by atoms with Crippen molar-refractivity contribution in [3.05, 3.63) is 11.6 Å². The molecule has 2 N–H and O–H groups in total. The van der Waals surface area contributed by atoms with Crippen molar-refractivity contribution in [2.75, 3.05) is 53.1 Å². The number of nitrogens with zero attached hydrogens (tertiary/aromatic N) is 5. The molecule has 0 spiro atoms. The molecule has 1 fully saturated rings. The lowest BCUT2D eigenvalue weighted by Gasteiger charge is -2.37. The Balaban J connectivity index is 0.00000392. The van der Waals surface area contributed by atoms with E-state index in [0.29, 0.717) is 31.7 Å². The monoisotopic (exact) mass is 509 g/mol. The van der Waals surface area contributed by atoms with Crippen molar-refractivity contribution in [3.8, 4) is 0 Å². The molecule has 0 radical (unpaired) electrons. The molecule has 1 aliphatic rings. The highest BCUT2D eigenvalue weighted by Crippen LogP contribution is 2.12. The molecule has 1 saturated heterocycles. The summed E-state index contributed by atoms with van der Waals surface area (Å²) in [7, 11) is 3.65. The number of morpholine rings is 1. The van der Waals surface area contributed by atoms with Crippen LogP contribution in [0.1, 0.15) is 25.5 Å². The Kier molecular flexibility index (Phi) is 11.9. The molecule has 2 rings (SSSR count). The van der Waals surface area contributed by atoms with Crippen molar-refractivity contribution in [2.45, 2.75) is 33.4 Å². The zero-order valence-electron chi connectivity index (χ0n) is 17.8. The molecule has 0 aromatic carbocycles. The maximum absolute atomic E-state index is 5.49. The molecular weight excluding hydrogens is 473 g/mol. The Morgan fingerprint density at radius 2 is 1.96 bits per heavy atom. The minimum Gasteiger partial charge on any atom is -0.383 e. The fraction of sp³-hybridized carbons (Fsp3) is 0.833. The lowest BCUT2D eigenvalue weighted by atomic mass is 10.0. The van der Waals surface area contributed by atoms with Gasteiger partial charge in [-0.25, -0.2) is 4.99 Å². The standard InChI is InChI=1S/C18H35N7O2.HI/c1-14(2)16(25-7-10-27-11-8-25)12-20-18(19-6-9-26-5)21-13-17-23-22-15(3)24(17)4;/h14,16H,6-13H2,1-5H3,(H2,19,20,21);1H. The summed E-state index contributed by atoms with van der Waals surface area (Å²) in [5.74, 6) is 3.03. The fourth-order valence-electron chi connectivity index (χ4n) is 3.08. The first-order chi connectivity index (χ1) is 13.0. The number of aromatic nitrogens is 3. The highest BCUT2D eigenvalue weighted by molar-refractivity contribution is 14.0. The molecular formula is C18H36IN7O2. The van der Waals surface area contributed by atoms with Crippen molar-refractivity contribution in [3.63, 3.8) is 0 Å². The van der Waals surface area contributed by atoms with E-state index in [-0.39, 0.29) is 24.0 Å². The van der Waals surface area contributed by atoms with Crippen LogP contribution in [0.15, 0.2) is 4.99 Å². The third-order valence-electron chi connectivity index (χ3n) is 4.92. The average molecular weight is 509 g/mol. The van der Waals surface area contributed by atoms with Gasteiger partial charge in [0, 0.05) is 46.4 Å². The van der Waals surface area contributed by atoms with E-state index >= 15 is 0 Å². The van der Waals surface area contributed by atoms with E-state index in [1.54, 1.807) is 7.11 Å². The molecule has 0 amide bonds. The van der Waals surface area contributed by atoms with E-state index in [1.165, 1.54) is 0 Å². The van der Waals surface area contributed by atoms with Gasteiger partial charge in [0.2, 0.25) is 0 Å². The van der Waals surface area contributed by atoms with Gasteiger partial charge < -0.3 is 24.7 Å². The lowest BCUT2D eigenvalue weighted by Crippen LogP contribution is -2.52. The van der Waals surface area contributed by atoms with Gasteiger partial charge in [-0.1, -0.05) is 13.8 Å². The summed E-state index contributed by atoms with van der Waals surface area (Å²) < 4.78 is 12.6. The van der Waals surface area contributed by atoms with Crippen LogP contribution in [0.25, 0.3) is 0 Å². The summed E-state index contributed by atoms with van der Waals surface area (Å²) >= 11 is 0. The molecule has 2 heterocycles. The van der Waals surface area contributed by atoms with Gasteiger partial charge in [0.05, 0.1) is 19.8 Å². The van der Waals surface area contributed by atoms with Crippen molar-refractivity contribution in [1.82, 2.24) is 30.3 Å². The van der Waals surface area contributed by atoms with Crippen LogP contribution in [0.2, 0.25) is 0 Å². The largest absolute Gasteiger partial charge is 0.383 e. The van der Waals surface area contributed by atoms with Gasteiger partial charge in [-0.2, -0.15) is 0 Å². The Morgan fingerprint density at radius 1 is 1.25 bits per heavy atom. The van der Waals surface area contributed by atoms with E-state index in [9.17, 15) is 0 Å². The van der Waals surface area contributed by atoms with Crippen LogP contribution in [-0.4, -0.2) is 84.8 Å². The minimum absolute atomic E-state index is 0. The van der Waals surface area contributed by atoms with Crippen LogP contribution < -0.4 is 10.6 Å². The van der Waals surface area contributed by atoms with Gasteiger partial charge in [0.25, 0.3) is 0 Å². The van der Waals surface area contributed by atoms with E-state index < -0.39 is 0 Å². The molecule has 162 valence electrons. The number of rotatable bonds is 9. The smallest absolute Gasteiger partial charge is 0.191 e. The first-order valence-electron chi connectivity index (χ1n) is 9.70. The number of hydrogen-bond acceptors (Lipinski definition) is 6. The van der Waals surface area contributed by atoms with Crippen LogP contribution in [0, 0.1) is 12.8 Å². The lowest BCUT2D eigenvalue weighted by molar-refractivity contribution is 0.00751. The summed E-state index contributed by atoms with van der Waals surface area (Å²) in [4.78, 5) is 7.19. The minimum atomic E-state index is 0. The second-order valence-corrected chi connectivity index (χ2v) is 7.15. The Bertz CT molecular complexity index is 588. The predicted octanol–water partition coefficient (Wildman–Crippen LogP) is 0.780. The second kappa shape index (κ2) is 13.3. The molecule has 1 aromatic heterocycles. The predicted molar refractivity (Wildman–Crippen MR) is 121 cm³/mol. The summed E-state index contributed by atoms with van der Waals surface area (Å²) in [6.07, 6.45) is 0. The van der Waals surface area contributed by atoms with Crippen molar-refractivity contribution < 1.29 is 9.47 Å². The first kappa shape index (κ1) is 25.1. The number of aryl methyl sites for hydroxylation is 1. The Labute approximate surface area is 185 Å². The molecule has 10 heteroatoms. The van der Waals surface area contributed by atoms with Gasteiger partial charge in [-0.05, 0) is 12.8 Å². The van der Waals surface area contributed by atoms with Gasteiger partial charge in [-0.15, -0.1) is 34.2 Å². The van der Waals surface area contributed by atoms with E-state index in [0.717, 1.165) is 50.5 Å². The van der Waals surface area contributed by atoms with Crippen molar-refractivity contribution in [1.29, 1.82) is 0 Å². The van der Waals surface area contributed by atoms with Gasteiger partial charge in [0.15, 0.2) is 11.8 Å². The maximum Gasteiger partial charge on any atom is 0.191 e. The number of guanidine groups is 1. The zero-order valence-corrected chi connectivity index (χ0v) is 20.1. The average Bonchev–Trinajstić information content (AvgIpc) is 2.98. The number of aliphatic imine (C=N–C) groups is 1. The summed E-state index contributed by atoms with van der Waals surface area (Å²) in [5.41, 5.74) is 0. The summed E-state index contributed by atoms with van der Waals surface area (Å²) in [6, 6.07) is 0.431. The Morgan fingerprint density at radius 3 is 2.54 bits per heavy atom. The molecule has 1 unspecified atom stereocenters. The molecule has 0 bridgehead atoms. The van der Waals surface area contributed by atoms with E-state index in [1.807, 2.05) is 18.5 Å². The quantitative estimate of drug-likeness (QED) is 0.220. The normalized spacial score (nSPS) is 16.7. The number of methoxy groups -OCH3 is 1. The van der Waals surface area contributed by atoms with Gasteiger partial charge in [-0.3, -0.25) is 4.90 Å². The Hall–Kier alpha value is -0.980. The molecule has 28 heavy (non-hydrogen) atoms. The molecule has 9 nitrogen and oxygen atoms in total. The highest BCUT2D eigenvalue weighted by atomic mass is 127. The van der Waals surface area contributed by atoms with Gasteiger partial charge >= 0.3 is 0 Å². The van der Waals surface area contributed by atoms with Crippen molar-refractivity contribution >= 4 is 29.9 Å². The van der Waals surface area contributed by atoms with Crippen LogP contribution >= 0.6 is 24.0 Å². The van der Waals surface area contributed by atoms with Crippen LogP contribution in [0.3, 0.4) is 0 Å². The third-order valence-corrected chi connectivity index (χ3v) is 4.92. The third kappa shape index (κ3) is 7.80. The highest BCUT2D eigenvalue weighted by Gasteiger charge is 2.23. The van der Waals surface area contributed by atoms with Crippen molar-refractivity contribution in [2.24, 2.45) is 18.0 Å². The molecule has 1 aliphatic heterocycles. The number of hydrogen-bond donors (Lipinski definition) is 2. The van der Waals surface area contributed by atoms with Crippen LogP contribution in [0.4, 0.5) is 0 Å². The van der Waals surface area contributed by atoms with Crippen LogP contribution in [0.5, 0.6) is 0 Å². The summed E-state index contributed by atoms with van der Waals surface area (Å²) in [5, 5.41) is 15.1. The molecule has 0 aliphatic carbocycles. The fourth-order valence-corrected chi connectivity index (χ4v) is 3.08. The molecule has 0 saturated carbocycles. The van der Waals surface area contributed by atoms with E-state index in [4.69, 9.17) is 9.47 Å². The van der Waals surface area contributed by atoms with Gasteiger partial charge in [0.1, 0.15) is 12.4 Å². The number of nitrogens with one attached hydrogen (secondary N) is 2.